The van der Waals surface area contributed by atoms with Gasteiger partial charge in [-0.25, -0.2) is 0 Å². The second-order valence-electron chi connectivity index (χ2n) is 23.4. The van der Waals surface area contributed by atoms with Gasteiger partial charge >= 0.3 is 0 Å². The van der Waals surface area contributed by atoms with Crippen molar-refractivity contribution >= 4 is 11.1 Å². The summed E-state index contributed by atoms with van der Waals surface area (Å²) in [5.41, 5.74) is 9.27. The summed E-state index contributed by atoms with van der Waals surface area (Å²) in [5.74, 6) is 6.64. The highest BCUT2D eigenvalue weighted by atomic mass is 16.5. The Morgan fingerprint density at radius 3 is 0.970 bits per heavy atom. The van der Waals surface area contributed by atoms with Crippen molar-refractivity contribution in [1.29, 1.82) is 0 Å². The first-order chi connectivity index (χ1) is 33.1. The van der Waals surface area contributed by atoms with Crippen LogP contribution in [0.2, 0.25) is 0 Å². The third-order valence-corrected chi connectivity index (χ3v) is 18.4. The average molecular weight is 916 g/mol. The van der Waals surface area contributed by atoms with Gasteiger partial charge in [-0.2, -0.15) is 0 Å². The van der Waals surface area contributed by atoms with Gasteiger partial charge in [-0.15, -0.1) is 0 Å². The second kappa shape index (κ2) is 32.0. The van der Waals surface area contributed by atoms with Gasteiger partial charge in [-0.1, -0.05) is 217 Å². The molecule has 4 fully saturated rings. The van der Waals surface area contributed by atoms with E-state index in [2.05, 4.69) is 88.4 Å². The SMILES string of the molecule is CCCCCCC[C@H]1CC[C@H](c2ccc(C(=CCOCC=C(c3ccc([C@H]4CC[C@H](CCCCCCC)CC4)cc3)[C@H]3CC[C@H](CCCCC)CC3)[C@H]3CC[C@H](CCCCC)CC3)cc2)CC1. The molecule has 0 radical (unpaired) electrons. The molecule has 0 aromatic heterocycles. The van der Waals surface area contributed by atoms with E-state index in [4.69, 9.17) is 4.74 Å². The van der Waals surface area contributed by atoms with Gasteiger partial charge < -0.3 is 4.74 Å². The highest BCUT2D eigenvalue weighted by molar-refractivity contribution is 5.69. The minimum atomic E-state index is 0.660. The second-order valence-corrected chi connectivity index (χ2v) is 23.4. The molecule has 0 aliphatic heterocycles. The Hall–Kier alpha value is -2.12. The van der Waals surface area contributed by atoms with Crippen LogP contribution in [0.4, 0.5) is 0 Å². The first kappa shape index (κ1) is 54.2. The van der Waals surface area contributed by atoms with E-state index in [1.165, 1.54) is 242 Å². The molecule has 2 aromatic carbocycles. The summed E-state index contributed by atoms with van der Waals surface area (Å²) in [6.07, 6.45) is 55.7. The Labute approximate surface area is 416 Å². The van der Waals surface area contributed by atoms with Crippen molar-refractivity contribution in [3.63, 3.8) is 0 Å². The third-order valence-electron chi connectivity index (χ3n) is 18.4. The van der Waals surface area contributed by atoms with Gasteiger partial charge in [0.15, 0.2) is 0 Å². The van der Waals surface area contributed by atoms with Gasteiger partial charge in [0.2, 0.25) is 0 Å². The maximum Gasteiger partial charge on any atom is 0.0657 e. The monoisotopic (exact) mass is 915 g/mol. The summed E-state index contributed by atoms with van der Waals surface area (Å²) < 4.78 is 6.69. The molecule has 0 N–H and O–H groups in total. The van der Waals surface area contributed by atoms with Gasteiger partial charge in [0.1, 0.15) is 0 Å². The molecule has 0 atom stereocenters. The van der Waals surface area contributed by atoms with Crippen LogP contribution in [0, 0.1) is 35.5 Å². The van der Waals surface area contributed by atoms with Crippen molar-refractivity contribution in [2.24, 2.45) is 35.5 Å². The summed E-state index contributed by atoms with van der Waals surface area (Å²) in [6, 6.07) is 20.1. The van der Waals surface area contributed by atoms with Crippen molar-refractivity contribution in [1.82, 2.24) is 0 Å². The molecule has 4 saturated carbocycles. The van der Waals surface area contributed by atoms with Crippen LogP contribution in [0.5, 0.6) is 0 Å². The largest absolute Gasteiger partial charge is 0.373 e. The first-order valence-corrected chi connectivity index (χ1v) is 30.3. The minimum absolute atomic E-state index is 0.660. The number of benzene rings is 2. The van der Waals surface area contributed by atoms with Crippen molar-refractivity contribution < 1.29 is 4.74 Å². The molecule has 0 bridgehead atoms. The Bertz CT molecular complexity index is 1470. The fraction of sp³-hybridized carbons (Fsp3) is 0.758. The molecule has 0 spiro atoms. The van der Waals surface area contributed by atoms with Crippen LogP contribution in [0.25, 0.3) is 11.1 Å². The first-order valence-electron chi connectivity index (χ1n) is 30.3. The molecule has 1 nitrogen and oxygen atoms in total. The summed E-state index contributed by atoms with van der Waals surface area (Å²) in [6.45, 7) is 10.8. The minimum Gasteiger partial charge on any atom is -0.373 e. The van der Waals surface area contributed by atoms with Gasteiger partial charge in [0.25, 0.3) is 0 Å². The van der Waals surface area contributed by atoms with E-state index in [0.717, 1.165) is 35.5 Å². The Morgan fingerprint density at radius 2 is 0.642 bits per heavy atom. The lowest BCUT2D eigenvalue weighted by Crippen LogP contribution is -2.17. The highest BCUT2D eigenvalue weighted by Crippen LogP contribution is 2.44. The molecule has 0 heterocycles. The highest BCUT2D eigenvalue weighted by Gasteiger charge is 2.28. The Kier molecular flexibility index (Phi) is 25.9. The predicted molar refractivity (Wildman–Crippen MR) is 295 cm³/mol. The number of hydrogen-bond donors (Lipinski definition) is 0. The van der Waals surface area contributed by atoms with Crippen molar-refractivity contribution in [2.75, 3.05) is 13.2 Å². The lowest BCUT2D eigenvalue weighted by atomic mass is 9.74. The van der Waals surface area contributed by atoms with Gasteiger partial charge in [0, 0.05) is 0 Å². The topological polar surface area (TPSA) is 9.23 Å². The van der Waals surface area contributed by atoms with E-state index in [9.17, 15) is 0 Å². The smallest absolute Gasteiger partial charge is 0.0657 e. The quantitative estimate of drug-likeness (QED) is 0.0710. The van der Waals surface area contributed by atoms with Crippen LogP contribution in [0.1, 0.15) is 293 Å². The van der Waals surface area contributed by atoms with Gasteiger partial charge in [0.05, 0.1) is 13.2 Å². The molecule has 4 aliphatic rings. The molecule has 0 saturated heterocycles. The summed E-state index contributed by atoms with van der Waals surface area (Å²) in [4.78, 5) is 0. The lowest BCUT2D eigenvalue weighted by Gasteiger charge is -2.31. The lowest BCUT2D eigenvalue weighted by molar-refractivity contribution is 0.193. The summed E-state index contributed by atoms with van der Waals surface area (Å²) in [5, 5.41) is 0. The molecule has 1 heteroatoms. The Morgan fingerprint density at radius 1 is 0.358 bits per heavy atom. The number of ether oxygens (including phenoxy) is 1. The molecule has 67 heavy (non-hydrogen) atoms. The molecule has 6 rings (SSSR count). The number of allylic oxidation sites excluding steroid dienone is 2. The van der Waals surface area contributed by atoms with Crippen molar-refractivity contribution in [2.45, 2.75) is 271 Å². The fourth-order valence-corrected chi connectivity index (χ4v) is 13.8. The number of rotatable bonds is 30. The summed E-state index contributed by atoms with van der Waals surface area (Å²) in [7, 11) is 0. The van der Waals surface area contributed by atoms with Crippen LogP contribution in [-0.4, -0.2) is 13.2 Å². The van der Waals surface area contributed by atoms with E-state index < -0.39 is 0 Å². The zero-order valence-corrected chi connectivity index (χ0v) is 44.7. The van der Waals surface area contributed by atoms with Crippen molar-refractivity contribution in [3.05, 3.63) is 82.9 Å². The molecule has 4 aliphatic carbocycles. The van der Waals surface area contributed by atoms with Crippen LogP contribution in [0.15, 0.2) is 60.7 Å². The van der Waals surface area contributed by atoms with Crippen LogP contribution < -0.4 is 0 Å². The van der Waals surface area contributed by atoms with Crippen LogP contribution >= 0.6 is 0 Å². The zero-order chi connectivity index (χ0) is 46.7. The molecular formula is C66H106O. The standard InChI is InChI=1S/C66H106O/c1-5-9-13-15-19-23-55-25-33-57(34-26-55)59-41-45-63(46-42-59)65(61-37-29-53(30-38-61)21-17-11-7-3)49-51-67-52-50-66(62-39-31-54(32-40-62)22-18-12-8-4)64-47-43-60(44-48-64)58-35-27-56(28-36-58)24-20-16-14-10-6-2/h41-50,53-58,61-62H,5-40,51-52H2,1-4H3/t53-,54-,55-,56-,57-,58-,61-,62-. The van der Waals surface area contributed by atoms with E-state index in [1.54, 1.807) is 22.3 Å². The molecular weight excluding hydrogens is 809 g/mol. The van der Waals surface area contributed by atoms with E-state index in [-0.39, 0.29) is 0 Å². The zero-order valence-electron chi connectivity index (χ0n) is 44.7. The third kappa shape index (κ3) is 18.9. The van der Waals surface area contributed by atoms with Crippen molar-refractivity contribution in [3.8, 4) is 0 Å². The summed E-state index contributed by atoms with van der Waals surface area (Å²) >= 11 is 0. The van der Waals surface area contributed by atoms with Gasteiger partial charge in [-0.3, -0.25) is 0 Å². The molecule has 2 aromatic rings. The average Bonchev–Trinajstić information content (AvgIpc) is 3.37. The maximum atomic E-state index is 6.69. The fourth-order valence-electron chi connectivity index (χ4n) is 13.8. The normalized spacial score (nSPS) is 26.5. The van der Waals surface area contributed by atoms with E-state index in [0.29, 0.717) is 25.0 Å². The molecule has 376 valence electrons. The van der Waals surface area contributed by atoms with Crippen LogP contribution in [0.3, 0.4) is 0 Å². The van der Waals surface area contributed by atoms with Crippen LogP contribution in [-0.2, 0) is 4.74 Å². The predicted octanol–water partition coefficient (Wildman–Crippen LogP) is 21.2. The van der Waals surface area contributed by atoms with E-state index in [1.807, 2.05) is 0 Å². The van der Waals surface area contributed by atoms with E-state index >= 15 is 0 Å². The maximum absolute atomic E-state index is 6.69. The molecule has 0 unspecified atom stereocenters. The van der Waals surface area contributed by atoms with Gasteiger partial charge in [-0.05, 0) is 183 Å². The number of hydrogen-bond acceptors (Lipinski definition) is 1. The molecule has 0 amide bonds. The number of unbranched alkanes of at least 4 members (excludes halogenated alkanes) is 12. The Balaban J connectivity index is 1.08.